The second-order valence-electron chi connectivity index (χ2n) is 6.05. The summed E-state index contributed by atoms with van der Waals surface area (Å²) in [6.45, 7) is 2.40. The molecule has 3 rings (SSSR count). The van der Waals surface area contributed by atoms with Crippen LogP contribution in [-0.4, -0.2) is 19.1 Å². The number of ether oxygens (including phenoxy) is 2. The van der Waals surface area contributed by atoms with Gasteiger partial charge in [0, 0.05) is 12.6 Å². The summed E-state index contributed by atoms with van der Waals surface area (Å²) < 4.78 is 11.0. The molecule has 26 heavy (non-hydrogen) atoms. The zero-order valence-corrected chi connectivity index (χ0v) is 15.1. The Hall–Kier alpha value is -3.01. The number of carbonyl (C=O) groups is 1. The van der Waals surface area contributed by atoms with E-state index in [1.807, 2.05) is 49.4 Å². The summed E-state index contributed by atoms with van der Waals surface area (Å²) >= 11 is 0. The molecule has 1 amide bonds. The van der Waals surface area contributed by atoms with Crippen molar-refractivity contribution in [3.8, 4) is 11.5 Å². The number of amides is 1. The third-order valence-electron chi connectivity index (χ3n) is 4.32. The molecule has 3 aromatic carbocycles. The van der Waals surface area contributed by atoms with Gasteiger partial charge in [-0.05, 0) is 34.9 Å². The molecule has 1 unspecified atom stereocenters. The summed E-state index contributed by atoms with van der Waals surface area (Å²) in [4.78, 5) is 12.6. The number of nitrogens with one attached hydrogen (secondary N) is 1. The zero-order valence-electron chi connectivity index (χ0n) is 15.1. The van der Waals surface area contributed by atoms with E-state index in [1.165, 1.54) is 5.39 Å². The molecule has 0 aliphatic rings. The lowest BCUT2D eigenvalue weighted by atomic mass is 10.0. The molecular weight excluding hydrogens is 326 g/mol. The molecule has 4 nitrogen and oxygen atoms in total. The Morgan fingerprint density at radius 2 is 1.73 bits per heavy atom. The molecule has 0 aliphatic carbocycles. The average Bonchev–Trinajstić information content (AvgIpc) is 2.70. The lowest BCUT2D eigenvalue weighted by Gasteiger charge is -2.18. The number of hydrogen-bond donors (Lipinski definition) is 1. The van der Waals surface area contributed by atoms with E-state index in [1.54, 1.807) is 13.2 Å². The molecule has 0 aromatic heterocycles. The van der Waals surface area contributed by atoms with Crippen molar-refractivity contribution in [2.24, 2.45) is 0 Å². The SMILES string of the molecule is CCC(Oc1cccc(OC)c1)C(=O)NCc1cccc2ccccc12. The van der Waals surface area contributed by atoms with Gasteiger partial charge >= 0.3 is 0 Å². The van der Waals surface area contributed by atoms with Gasteiger partial charge in [-0.3, -0.25) is 4.79 Å². The van der Waals surface area contributed by atoms with Gasteiger partial charge in [-0.2, -0.15) is 0 Å². The first-order valence-electron chi connectivity index (χ1n) is 8.76. The minimum absolute atomic E-state index is 0.122. The Morgan fingerprint density at radius 1 is 1.00 bits per heavy atom. The number of rotatable bonds is 7. The molecule has 0 fully saturated rings. The smallest absolute Gasteiger partial charge is 0.261 e. The first-order chi connectivity index (χ1) is 12.7. The number of methoxy groups -OCH3 is 1. The van der Waals surface area contributed by atoms with Gasteiger partial charge in [-0.25, -0.2) is 0 Å². The van der Waals surface area contributed by atoms with Crippen LogP contribution in [0.25, 0.3) is 10.8 Å². The topological polar surface area (TPSA) is 47.6 Å². The first kappa shape index (κ1) is 17.8. The molecule has 0 spiro atoms. The fourth-order valence-electron chi connectivity index (χ4n) is 2.90. The van der Waals surface area contributed by atoms with Gasteiger partial charge in [0.1, 0.15) is 11.5 Å². The second kappa shape index (κ2) is 8.39. The van der Waals surface area contributed by atoms with Crippen LogP contribution < -0.4 is 14.8 Å². The summed E-state index contributed by atoms with van der Waals surface area (Å²) in [5.74, 6) is 1.20. The van der Waals surface area contributed by atoms with E-state index < -0.39 is 6.10 Å². The Kier molecular flexibility index (Phi) is 5.74. The molecule has 134 valence electrons. The maximum absolute atomic E-state index is 12.6. The predicted molar refractivity (Wildman–Crippen MR) is 103 cm³/mol. The summed E-state index contributed by atoms with van der Waals surface area (Å²) in [6, 6.07) is 21.6. The molecule has 1 atom stereocenters. The van der Waals surface area contributed by atoms with E-state index in [9.17, 15) is 4.79 Å². The number of hydrogen-bond acceptors (Lipinski definition) is 3. The summed E-state index contributed by atoms with van der Waals surface area (Å²) in [5.41, 5.74) is 1.09. The van der Waals surface area contributed by atoms with Crippen LogP contribution >= 0.6 is 0 Å². The highest BCUT2D eigenvalue weighted by Crippen LogP contribution is 2.21. The van der Waals surface area contributed by atoms with Crippen LogP contribution in [0.15, 0.2) is 66.7 Å². The van der Waals surface area contributed by atoms with Crippen LogP contribution in [0.2, 0.25) is 0 Å². The zero-order chi connectivity index (χ0) is 18.4. The van der Waals surface area contributed by atoms with Crippen LogP contribution in [0.4, 0.5) is 0 Å². The van der Waals surface area contributed by atoms with Crippen LogP contribution in [0.3, 0.4) is 0 Å². The van der Waals surface area contributed by atoms with Gasteiger partial charge in [0.15, 0.2) is 6.10 Å². The van der Waals surface area contributed by atoms with Crippen LogP contribution in [-0.2, 0) is 11.3 Å². The highest BCUT2D eigenvalue weighted by atomic mass is 16.5. The fourth-order valence-corrected chi connectivity index (χ4v) is 2.90. The molecule has 0 saturated carbocycles. The van der Waals surface area contributed by atoms with Crippen molar-refractivity contribution >= 4 is 16.7 Å². The highest BCUT2D eigenvalue weighted by molar-refractivity contribution is 5.86. The molecule has 4 heteroatoms. The Labute approximate surface area is 153 Å². The number of benzene rings is 3. The van der Waals surface area contributed by atoms with E-state index in [4.69, 9.17) is 9.47 Å². The quantitative estimate of drug-likeness (QED) is 0.691. The van der Waals surface area contributed by atoms with Crippen molar-refractivity contribution in [1.29, 1.82) is 0 Å². The van der Waals surface area contributed by atoms with Gasteiger partial charge in [0.25, 0.3) is 5.91 Å². The van der Waals surface area contributed by atoms with Crippen LogP contribution in [0.5, 0.6) is 11.5 Å². The maximum atomic E-state index is 12.6. The summed E-state index contributed by atoms with van der Waals surface area (Å²) in [7, 11) is 1.60. The van der Waals surface area contributed by atoms with E-state index in [0.29, 0.717) is 24.5 Å². The third-order valence-corrected chi connectivity index (χ3v) is 4.32. The standard InChI is InChI=1S/C22H23NO3/c1-3-21(26-19-12-7-11-18(14-19)25-2)22(24)23-15-17-10-6-9-16-8-4-5-13-20(16)17/h4-14,21H,3,15H2,1-2H3,(H,23,24). The van der Waals surface area contributed by atoms with E-state index in [2.05, 4.69) is 23.5 Å². The molecule has 0 radical (unpaired) electrons. The maximum Gasteiger partial charge on any atom is 0.261 e. The third kappa shape index (κ3) is 4.14. The molecule has 0 heterocycles. The van der Waals surface area contributed by atoms with E-state index >= 15 is 0 Å². The van der Waals surface area contributed by atoms with Crippen molar-refractivity contribution in [2.75, 3.05) is 7.11 Å². The van der Waals surface area contributed by atoms with Gasteiger partial charge in [0.2, 0.25) is 0 Å². The van der Waals surface area contributed by atoms with Gasteiger partial charge in [-0.15, -0.1) is 0 Å². The minimum atomic E-state index is -0.544. The second-order valence-corrected chi connectivity index (χ2v) is 6.05. The Morgan fingerprint density at radius 3 is 2.54 bits per heavy atom. The molecule has 0 saturated heterocycles. The van der Waals surface area contributed by atoms with Crippen molar-refractivity contribution in [3.63, 3.8) is 0 Å². The predicted octanol–water partition coefficient (Wildman–Crippen LogP) is 4.32. The van der Waals surface area contributed by atoms with Crippen LogP contribution in [0, 0.1) is 0 Å². The molecule has 0 aliphatic heterocycles. The largest absolute Gasteiger partial charge is 0.497 e. The number of fused-ring (bicyclic) bond motifs is 1. The fraction of sp³-hybridized carbons (Fsp3) is 0.227. The molecule has 3 aromatic rings. The van der Waals surface area contributed by atoms with Crippen molar-refractivity contribution in [2.45, 2.75) is 26.0 Å². The summed E-state index contributed by atoms with van der Waals surface area (Å²) in [6.07, 6.45) is 0.0376. The summed E-state index contributed by atoms with van der Waals surface area (Å²) in [5, 5.41) is 5.31. The van der Waals surface area contributed by atoms with Crippen molar-refractivity contribution in [3.05, 3.63) is 72.3 Å². The molecular formula is C22H23NO3. The van der Waals surface area contributed by atoms with Crippen LogP contribution in [0.1, 0.15) is 18.9 Å². The normalized spacial score (nSPS) is 11.8. The van der Waals surface area contributed by atoms with E-state index in [-0.39, 0.29) is 5.91 Å². The molecule has 0 bridgehead atoms. The first-order valence-corrected chi connectivity index (χ1v) is 8.76. The Bertz CT molecular complexity index is 886. The molecule has 1 N–H and O–H groups in total. The van der Waals surface area contributed by atoms with Gasteiger partial charge in [-0.1, -0.05) is 55.5 Å². The average molecular weight is 349 g/mol. The van der Waals surface area contributed by atoms with Gasteiger partial charge in [0.05, 0.1) is 7.11 Å². The minimum Gasteiger partial charge on any atom is -0.497 e. The number of carbonyl (C=O) groups excluding carboxylic acids is 1. The lowest BCUT2D eigenvalue weighted by molar-refractivity contribution is -0.128. The van der Waals surface area contributed by atoms with Gasteiger partial charge < -0.3 is 14.8 Å². The Balaban J connectivity index is 1.67. The van der Waals surface area contributed by atoms with Crippen molar-refractivity contribution < 1.29 is 14.3 Å². The van der Waals surface area contributed by atoms with E-state index in [0.717, 1.165) is 10.9 Å². The highest BCUT2D eigenvalue weighted by Gasteiger charge is 2.18. The monoisotopic (exact) mass is 349 g/mol. The van der Waals surface area contributed by atoms with Crippen molar-refractivity contribution in [1.82, 2.24) is 5.32 Å². The lowest BCUT2D eigenvalue weighted by Crippen LogP contribution is -2.37.